The summed E-state index contributed by atoms with van der Waals surface area (Å²) in [7, 11) is 2.24. The van der Waals surface area contributed by atoms with Crippen molar-refractivity contribution in [2.75, 3.05) is 13.6 Å². The van der Waals surface area contributed by atoms with Gasteiger partial charge >= 0.3 is 0 Å². The Morgan fingerprint density at radius 2 is 1.90 bits per heavy atom. The van der Waals surface area contributed by atoms with Crippen LogP contribution in [0, 0.1) is 5.41 Å². The molecule has 1 heteroatoms. The van der Waals surface area contributed by atoms with Crippen molar-refractivity contribution in [3.8, 4) is 0 Å². The third kappa shape index (κ3) is 1.51. The third-order valence-corrected chi connectivity index (χ3v) is 2.52. The molecule has 0 aromatic rings. The van der Waals surface area contributed by atoms with Crippen molar-refractivity contribution in [2.45, 2.75) is 39.7 Å². The normalized spacial score (nSPS) is 29.4. The molecular formula is C9H19N. The Morgan fingerprint density at radius 3 is 2.10 bits per heavy atom. The van der Waals surface area contributed by atoms with Crippen LogP contribution in [0.3, 0.4) is 0 Å². The topological polar surface area (TPSA) is 3.24 Å². The zero-order valence-corrected chi connectivity index (χ0v) is 7.65. The molecule has 0 unspecified atom stereocenters. The molecule has 0 aromatic carbocycles. The van der Waals surface area contributed by atoms with Crippen LogP contribution in [0.4, 0.5) is 0 Å². The summed E-state index contributed by atoms with van der Waals surface area (Å²) in [5.41, 5.74) is 0.477. The minimum absolute atomic E-state index is 0.477. The van der Waals surface area contributed by atoms with Crippen molar-refractivity contribution < 1.29 is 0 Å². The van der Waals surface area contributed by atoms with Gasteiger partial charge < -0.3 is 4.90 Å². The molecule has 0 saturated carbocycles. The number of rotatable bonds is 0. The summed E-state index contributed by atoms with van der Waals surface area (Å²) in [5.74, 6) is 0. The SMILES string of the molecule is CN1CCC[C@H]1C(C)(C)C. The molecule has 1 aliphatic heterocycles. The van der Waals surface area contributed by atoms with Gasteiger partial charge in [0.2, 0.25) is 0 Å². The first kappa shape index (κ1) is 8.06. The maximum Gasteiger partial charge on any atom is 0.0141 e. The van der Waals surface area contributed by atoms with E-state index >= 15 is 0 Å². The summed E-state index contributed by atoms with van der Waals surface area (Å²) in [4.78, 5) is 2.49. The predicted octanol–water partition coefficient (Wildman–Crippen LogP) is 2.13. The molecule has 0 amide bonds. The minimum atomic E-state index is 0.477. The molecule has 0 spiro atoms. The first-order valence-electron chi connectivity index (χ1n) is 4.22. The van der Waals surface area contributed by atoms with Crippen molar-refractivity contribution in [2.24, 2.45) is 5.41 Å². The molecule has 0 bridgehead atoms. The highest BCUT2D eigenvalue weighted by Crippen LogP contribution is 2.30. The summed E-state index contributed by atoms with van der Waals surface area (Å²) < 4.78 is 0. The number of likely N-dealkylation sites (tertiary alicyclic amines) is 1. The number of nitrogens with zero attached hydrogens (tertiary/aromatic N) is 1. The van der Waals surface area contributed by atoms with Crippen molar-refractivity contribution >= 4 is 0 Å². The molecule has 0 radical (unpaired) electrons. The summed E-state index contributed by atoms with van der Waals surface area (Å²) in [6, 6.07) is 0.812. The molecule has 1 saturated heterocycles. The molecule has 0 aromatic heterocycles. The minimum Gasteiger partial charge on any atom is -0.303 e. The Labute approximate surface area is 64.4 Å². The molecule has 1 aliphatic rings. The highest BCUT2D eigenvalue weighted by molar-refractivity contribution is 4.85. The Morgan fingerprint density at radius 1 is 1.30 bits per heavy atom. The van der Waals surface area contributed by atoms with E-state index in [4.69, 9.17) is 0 Å². The van der Waals surface area contributed by atoms with Crippen molar-refractivity contribution in [1.29, 1.82) is 0 Å². The van der Waals surface area contributed by atoms with Gasteiger partial charge in [-0.3, -0.25) is 0 Å². The smallest absolute Gasteiger partial charge is 0.0141 e. The maximum atomic E-state index is 2.49. The van der Waals surface area contributed by atoms with Gasteiger partial charge in [-0.1, -0.05) is 20.8 Å². The summed E-state index contributed by atoms with van der Waals surface area (Å²) >= 11 is 0. The van der Waals surface area contributed by atoms with Crippen molar-refractivity contribution in [3.05, 3.63) is 0 Å². The summed E-state index contributed by atoms with van der Waals surface area (Å²) in [5, 5.41) is 0. The van der Waals surface area contributed by atoms with Crippen LogP contribution < -0.4 is 0 Å². The van der Waals surface area contributed by atoms with E-state index in [1.54, 1.807) is 0 Å². The van der Waals surface area contributed by atoms with Gasteiger partial charge in [-0.15, -0.1) is 0 Å². The van der Waals surface area contributed by atoms with E-state index in [2.05, 4.69) is 32.7 Å². The Bertz CT molecular complexity index is 112. The van der Waals surface area contributed by atoms with Gasteiger partial charge in [-0.2, -0.15) is 0 Å². The molecule has 1 fully saturated rings. The fourth-order valence-electron chi connectivity index (χ4n) is 2.00. The highest BCUT2D eigenvalue weighted by Gasteiger charge is 2.31. The highest BCUT2D eigenvalue weighted by atomic mass is 15.2. The van der Waals surface area contributed by atoms with Crippen LogP contribution in [0.5, 0.6) is 0 Å². The average Bonchev–Trinajstić information content (AvgIpc) is 2.11. The lowest BCUT2D eigenvalue weighted by Crippen LogP contribution is -2.36. The first-order chi connectivity index (χ1) is 4.52. The van der Waals surface area contributed by atoms with Crippen LogP contribution in [0.15, 0.2) is 0 Å². The van der Waals surface area contributed by atoms with Gasteiger partial charge in [-0.25, -0.2) is 0 Å². The largest absolute Gasteiger partial charge is 0.303 e. The van der Waals surface area contributed by atoms with E-state index in [0.717, 1.165) is 6.04 Å². The fraction of sp³-hybridized carbons (Fsp3) is 1.00. The van der Waals surface area contributed by atoms with Gasteiger partial charge in [0.15, 0.2) is 0 Å². The average molecular weight is 141 g/mol. The molecule has 0 N–H and O–H groups in total. The molecular weight excluding hydrogens is 122 g/mol. The quantitative estimate of drug-likeness (QED) is 0.499. The van der Waals surface area contributed by atoms with Crippen LogP contribution in [-0.2, 0) is 0 Å². The van der Waals surface area contributed by atoms with Gasteiger partial charge in [0.25, 0.3) is 0 Å². The monoisotopic (exact) mass is 141 g/mol. The standard InChI is InChI=1S/C9H19N/c1-9(2,3)8-6-5-7-10(8)4/h8H,5-7H2,1-4H3/t8-/m0/s1. The zero-order valence-electron chi connectivity index (χ0n) is 7.65. The summed E-state index contributed by atoms with van der Waals surface area (Å²) in [6.45, 7) is 8.29. The van der Waals surface area contributed by atoms with Gasteiger partial charge in [0.05, 0.1) is 0 Å². The Balaban J connectivity index is 2.55. The van der Waals surface area contributed by atoms with Crippen LogP contribution in [0.25, 0.3) is 0 Å². The van der Waals surface area contributed by atoms with E-state index < -0.39 is 0 Å². The van der Waals surface area contributed by atoms with Gasteiger partial charge in [0, 0.05) is 6.04 Å². The van der Waals surface area contributed by atoms with Crippen LogP contribution in [0.2, 0.25) is 0 Å². The van der Waals surface area contributed by atoms with Crippen molar-refractivity contribution in [1.82, 2.24) is 4.90 Å². The molecule has 0 aliphatic carbocycles. The lowest BCUT2D eigenvalue weighted by Gasteiger charge is -2.32. The number of hydrogen-bond donors (Lipinski definition) is 0. The van der Waals surface area contributed by atoms with E-state index in [-0.39, 0.29) is 0 Å². The Hall–Kier alpha value is -0.0400. The molecule has 1 rings (SSSR count). The second-order valence-electron chi connectivity index (χ2n) is 4.50. The second kappa shape index (κ2) is 2.54. The predicted molar refractivity (Wildman–Crippen MR) is 45.1 cm³/mol. The maximum absolute atomic E-state index is 2.49. The first-order valence-corrected chi connectivity index (χ1v) is 4.22. The molecule has 60 valence electrons. The van der Waals surface area contributed by atoms with E-state index in [1.165, 1.54) is 19.4 Å². The third-order valence-electron chi connectivity index (χ3n) is 2.52. The number of hydrogen-bond acceptors (Lipinski definition) is 1. The lowest BCUT2D eigenvalue weighted by atomic mass is 9.85. The molecule has 1 atom stereocenters. The van der Waals surface area contributed by atoms with Crippen LogP contribution in [0.1, 0.15) is 33.6 Å². The van der Waals surface area contributed by atoms with Crippen molar-refractivity contribution in [3.63, 3.8) is 0 Å². The van der Waals surface area contributed by atoms with Gasteiger partial charge in [-0.05, 0) is 31.8 Å². The van der Waals surface area contributed by atoms with Gasteiger partial charge in [0.1, 0.15) is 0 Å². The van der Waals surface area contributed by atoms with Crippen LogP contribution >= 0.6 is 0 Å². The zero-order chi connectivity index (χ0) is 7.78. The second-order valence-corrected chi connectivity index (χ2v) is 4.50. The Kier molecular flexibility index (Phi) is 2.04. The van der Waals surface area contributed by atoms with E-state index in [0.29, 0.717) is 5.41 Å². The fourth-order valence-corrected chi connectivity index (χ4v) is 2.00. The van der Waals surface area contributed by atoms with E-state index in [9.17, 15) is 0 Å². The van der Waals surface area contributed by atoms with E-state index in [1.807, 2.05) is 0 Å². The molecule has 10 heavy (non-hydrogen) atoms. The lowest BCUT2D eigenvalue weighted by molar-refractivity contribution is 0.169. The van der Waals surface area contributed by atoms with Crippen LogP contribution in [-0.4, -0.2) is 24.5 Å². The molecule has 1 nitrogen and oxygen atoms in total. The molecule has 1 heterocycles. The summed E-state index contributed by atoms with van der Waals surface area (Å²) in [6.07, 6.45) is 2.78.